The summed E-state index contributed by atoms with van der Waals surface area (Å²) in [5.74, 6) is 0.298. The Hall–Kier alpha value is -1.35. The fraction of sp³-hybridized carbons (Fsp3) is 0.588. The van der Waals surface area contributed by atoms with Gasteiger partial charge in [0, 0.05) is 18.4 Å². The van der Waals surface area contributed by atoms with E-state index >= 15 is 0 Å². The quantitative estimate of drug-likeness (QED) is 0.867. The standard InChI is InChI=1S/C17H25NO2/c1-12-6-8-14(9-7-12)10-13(2)17(20)18-11-15-4-3-5-16(15)19/h6-9,13,15-16,19H,3-5,10-11H2,1-2H3,(H,18,20). The molecule has 3 heteroatoms. The number of carbonyl (C=O) groups is 1. The highest BCUT2D eigenvalue weighted by Gasteiger charge is 2.26. The Kier molecular flexibility index (Phi) is 5.18. The summed E-state index contributed by atoms with van der Waals surface area (Å²) in [6, 6.07) is 8.32. The smallest absolute Gasteiger partial charge is 0.223 e. The number of hydrogen-bond donors (Lipinski definition) is 2. The zero-order valence-corrected chi connectivity index (χ0v) is 12.4. The van der Waals surface area contributed by atoms with Crippen LogP contribution >= 0.6 is 0 Å². The highest BCUT2D eigenvalue weighted by atomic mass is 16.3. The molecule has 0 aromatic heterocycles. The molecule has 2 N–H and O–H groups in total. The maximum atomic E-state index is 12.1. The van der Waals surface area contributed by atoms with Gasteiger partial charge >= 0.3 is 0 Å². The van der Waals surface area contributed by atoms with Crippen LogP contribution in [0.5, 0.6) is 0 Å². The highest BCUT2D eigenvalue weighted by molar-refractivity contribution is 5.78. The second kappa shape index (κ2) is 6.89. The number of aliphatic hydroxyl groups excluding tert-OH is 1. The van der Waals surface area contributed by atoms with E-state index in [1.54, 1.807) is 0 Å². The van der Waals surface area contributed by atoms with Gasteiger partial charge < -0.3 is 10.4 Å². The number of benzene rings is 1. The largest absolute Gasteiger partial charge is 0.393 e. The molecular weight excluding hydrogens is 250 g/mol. The summed E-state index contributed by atoms with van der Waals surface area (Å²) < 4.78 is 0. The first kappa shape index (κ1) is 15.0. The SMILES string of the molecule is Cc1ccc(CC(C)C(=O)NCC2CCCC2O)cc1. The molecule has 0 spiro atoms. The normalized spacial score (nSPS) is 23.6. The topological polar surface area (TPSA) is 49.3 Å². The van der Waals surface area contributed by atoms with Gasteiger partial charge in [0.05, 0.1) is 6.10 Å². The summed E-state index contributed by atoms with van der Waals surface area (Å²) in [6.07, 6.45) is 3.50. The third kappa shape index (κ3) is 4.07. The van der Waals surface area contributed by atoms with Gasteiger partial charge in [-0.25, -0.2) is 0 Å². The lowest BCUT2D eigenvalue weighted by molar-refractivity contribution is -0.124. The highest BCUT2D eigenvalue weighted by Crippen LogP contribution is 2.24. The van der Waals surface area contributed by atoms with Crippen LogP contribution in [-0.4, -0.2) is 23.7 Å². The molecule has 1 saturated carbocycles. The minimum Gasteiger partial charge on any atom is -0.393 e. The monoisotopic (exact) mass is 275 g/mol. The summed E-state index contributed by atoms with van der Waals surface area (Å²) in [7, 11) is 0. The van der Waals surface area contributed by atoms with Crippen LogP contribution in [0.15, 0.2) is 24.3 Å². The van der Waals surface area contributed by atoms with Gasteiger partial charge in [-0.15, -0.1) is 0 Å². The zero-order chi connectivity index (χ0) is 14.5. The molecule has 3 unspecified atom stereocenters. The summed E-state index contributed by atoms with van der Waals surface area (Å²) >= 11 is 0. The minimum atomic E-state index is -0.234. The molecule has 20 heavy (non-hydrogen) atoms. The van der Waals surface area contributed by atoms with Gasteiger partial charge in [-0.3, -0.25) is 4.79 Å². The molecule has 1 aliphatic carbocycles. The molecule has 1 aliphatic rings. The van der Waals surface area contributed by atoms with E-state index in [0.717, 1.165) is 25.7 Å². The predicted octanol–water partition coefficient (Wildman–Crippen LogP) is 2.45. The van der Waals surface area contributed by atoms with E-state index in [1.807, 2.05) is 6.92 Å². The van der Waals surface area contributed by atoms with Gasteiger partial charge in [0.15, 0.2) is 0 Å². The maximum Gasteiger partial charge on any atom is 0.223 e. The molecule has 0 radical (unpaired) electrons. The van der Waals surface area contributed by atoms with Crippen LogP contribution in [0.2, 0.25) is 0 Å². The lowest BCUT2D eigenvalue weighted by Crippen LogP contribution is -2.36. The predicted molar refractivity (Wildman–Crippen MR) is 80.4 cm³/mol. The first-order valence-electron chi connectivity index (χ1n) is 7.57. The second-order valence-electron chi connectivity index (χ2n) is 6.09. The Balaban J connectivity index is 1.78. The van der Waals surface area contributed by atoms with E-state index < -0.39 is 0 Å². The molecule has 1 aromatic carbocycles. The van der Waals surface area contributed by atoms with Crippen LogP contribution in [0, 0.1) is 18.8 Å². The average molecular weight is 275 g/mol. The molecule has 110 valence electrons. The lowest BCUT2D eigenvalue weighted by Gasteiger charge is -2.17. The van der Waals surface area contributed by atoms with Crippen molar-refractivity contribution in [2.75, 3.05) is 6.54 Å². The average Bonchev–Trinajstić information content (AvgIpc) is 2.84. The molecule has 0 saturated heterocycles. The number of carbonyl (C=O) groups excluding carboxylic acids is 1. The van der Waals surface area contributed by atoms with Gasteiger partial charge in [0.25, 0.3) is 0 Å². The van der Waals surface area contributed by atoms with Crippen molar-refractivity contribution in [1.82, 2.24) is 5.32 Å². The third-order valence-electron chi connectivity index (χ3n) is 4.27. The molecule has 0 bridgehead atoms. The van der Waals surface area contributed by atoms with Gasteiger partial charge in [-0.05, 0) is 31.7 Å². The van der Waals surface area contributed by atoms with E-state index in [2.05, 4.69) is 36.5 Å². The van der Waals surface area contributed by atoms with Crippen LogP contribution in [0.1, 0.15) is 37.3 Å². The number of hydrogen-bond acceptors (Lipinski definition) is 2. The van der Waals surface area contributed by atoms with Crippen molar-refractivity contribution in [3.05, 3.63) is 35.4 Å². The first-order valence-corrected chi connectivity index (χ1v) is 7.57. The van der Waals surface area contributed by atoms with Crippen molar-refractivity contribution in [1.29, 1.82) is 0 Å². The molecular formula is C17H25NO2. The number of aryl methyl sites for hydroxylation is 1. The van der Waals surface area contributed by atoms with E-state index in [1.165, 1.54) is 11.1 Å². The van der Waals surface area contributed by atoms with Crippen LogP contribution in [0.25, 0.3) is 0 Å². The summed E-state index contributed by atoms with van der Waals surface area (Å²) in [6.45, 7) is 4.63. The van der Waals surface area contributed by atoms with Crippen LogP contribution in [0.4, 0.5) is 0 Å². The summed E-state index contributed by atoms with van der Waals surface area (Å²) in [5, 5.41) is 12.7. The summed E-state index contributed by atoms with van der Waals surface area (Å²) in [4.78, 5) is 12.1. The fourth-order valence-corrected chi connectivity index (χ4v) is 2.83. The Labute approximate surface area is 121 Å². The number of nitrogens with one attached hydrogen (secondary N) is 1. The number of rotatable bonds is 5. The van der Waals surface area contributed by atoms with Gasteiger partial charge in [0.1, 0.15) is 0 Å². The third-order valence-corrected chi connectivity index (χ3v) is 4.27. The van der Waals surface area contributed by atoms with Crippen molar-refractivity contribution < 1.29 is 9.90 Å². The Bertz CT molecular complexity index is 441. The van der Waals surface area contributed by atoms with Gasteiger partial charge in [-0.2, -0.15) is 0 Å². The molecule has 0 heterocycles. The maximum absolute atomic E-state index is 12.1. The molecule has 1 fully saturated rings. The van der Waals surface area contributed by atoms with Crippen LogP contribution in [-0.2, 0) is 11.2 Å². The minimum absolute atomic E-state index is 0.0312. The Morgan fingerprint density at radius 2 is 2.05 bits per heavy atom. The first-order chi connectivity index (χ1) is 9.56. The van der Waals surface area contributed by atoms with Gasteiger partial charge in [0.2, 0.25) is 5.91 Å². The fourth-order valence-electron chi connectivity index (χ4n) is 2.83. The van der Waals surface area contributed by atoms with E-state index in [0.29, 0.717) is 6.54 Å². The van der Waals surface area contributed by atoms with Crippen LogP contribution < -0.4 is 5.32 Å². The summed E-state index contributed by atoms with van der Waals surface area (Å²) in [5.41, 5.74) is 2.43. The van der Waals surface area contributed by atoms with Crippen molar-refractivity contribution >= 4 is 5.91 Å². The van der Waals surface area contributed by atoms with E-state index in [4.69, 9.17) is 0 Å². The van der Waals surface area contributed by atoms with Crippen molar-refractivity contribution in [2.45, 2.75) is 45.6 Å². The van der Waals surface area contributed by atoms with Crippen molar-refractivity contribution in [2.24, 2.45) is 11.8 Å². The lowest BCUT2D eigenvalue weighted by atomic mass is 9.99. The zero-order valence-electron chi connectivity index (χ0n) is 12.4. The van der Waals surface area contributed by atoms with E-state index in [-0.39, 0.29) is 23.8 Å². The molecule has 0 aliphatic heterocycles. The second-order valence-corrected chi connectivity index (χ2v) is 6.09. The Morgan fingerprint density at radius 3 is 2.65 bits per heavy atom. The molecule has 1 aromatic rings. The van der Waals surface area contributed by atoms with Gasteiger partial charge in [-0.1, -0.05) is 43.2 Å². The van der Waals surface area contributed by atoms with E-state index in [9.17, 15) is 9.90 Å². The molecule has 3 atom stereocenters. The van der Waals surface area contributed by atoms with Crippen molar-refractivity contribution in [3.8, 4) is 0 Å². The van der Waals surface area contributed by atoms with Crippen LogP contribution in [0.3, 0.4) is 0 Å². The number of amides is 1. The Morgan fingerprint density at radius 1 is 1.35 bits per heavy atom. The number of aliphatic hydroxyl groups is 1. The van der Waals surface area contributed by atoms with Crippen molar-refractivity contribution in [3.63, 3.8) is 0 Å². The molecule has 3 nitrogen and oxygen atoms in total. The molecule has 1 amide bonds. The molecule has 2 rings (SSSR count).